The molecule has 31 heavy (non-hydrogen) atoms. The number of ether oxygens (including phenoxy) is 1. The number of amides is 2. The minimum absolute atomic E-state index is 0.0109. The fraction of sp³-hybridized carbons (Fsp3) is 0.500. The molecule has 0 spiro atoms. The van der Waals surface area contributed by atoms with Crippen LogP contribution in [0.25, 0.3) is 10.4 Å². The van der Waals surface area contributed by atoms with E-state index in [2.05, 4.69) is 11.0 Å². The van der Waals surface area contributed by atoms with Gasteiger partial charge in [0, 0.05) is 36.5 Å². The first-order chi connectivity index (χ1) is 15.0. The summed E-state index contributed by atoms with van der Waals surface area (Å²) in [6, 6.07) is 12.0. The summed E-state index contributed by atoms with van der Waals surface area (Å²) in [6.45, 7) is 5.95. The average molecular weight is 440 g/mol. The van der Waals surface area contributed by atoms with Gasteiger partial charge in [0.05, 0.1) is 6.54 Å². The molecule has 2 aromatic rings. The molecule has 7 heteroatoms. The maximum atomic E-state index is 12.7. The van der Waals surface area contributed by atoms with Crippen LogP contribution in [0.4, 0.5) is 15.5 Å². The van der Waals surface area contributed by atoms with Crippen molar-refractivity contribution in [2.24, 2.45) is 11.8 Å². The number of benzene rings is 1. The molecule has 6 rings (SSSR count). The first-order valence-electron chi connectivity index (χ1n) is 11.2. The van der Waals surface area contributed by atoms with Crippen LogP contribution in [0.2, 0.25) is 0 Å². The van der Waals surface area contributed by atoms with Crippen molar-refractivity contribution in [3.05, 3.63) is 36.4 Å². The van der Waals surface area contributed by atoms with E-state index in [1.54, 1.807) is 28.2 Å². The second-order valence-corrected chi connectivity index (χ2v) is 9.89. The number of fused-ring (bicyclic) bond motifs is 3. The van der Waals surface area contributed by atoms with Crippen molar-refractivity contribution < 1.29 is 14.3 Å². The van der Waals surface area contributed by atoms with Crippen molar-refractivity contribution in [3.63, 3.8) is 0 Å². The van der Waals surface area contributed by atoms with E-state index >= 15 is 0 Å². The first kappa shape index (κ1) is 20.5. The lowest BCUT2D eigenvalue weighted by atomic mass is 9.76. The monoisotopic (exact) mass is 439 g/mol. The molecule has 1 unspecified atom stereocenters. The van der Waals surface area contributed by atoms with Crippen molar-refractivity contribution in [1.29, 1.82) is 0 Å². The van der Waals surface area contributed by atoms with Crippen LogP contribution < -0.4 is 9.80 Å². The van der Waals surface area contributed by atoms with E-state index in [1.807, 2.05) is 37.3 Å². The second kappa shape index (κ2) is 8.28. The number of carbonyl (C=O) groups excluding carboxylic acids is 2. The number of thiophene rings is 1. The van der Waals surface area contributed by atoms with E-state index in [0.717, 1.165) is 27.7 Å². The van der Waals surface area contributed by atoms with Gasteiger partial charge in [-0.3, -0.25) is 9.69 Å². The summed E-state index contributed by atoms with van der Waals surface area (Å²) in [6.07, 6.45) is 2.70. The summed E-state index contributed by atoms with van der Waals surface area (Å²) < 4.78 is 5.85. The third-order valence-electron chi connectivity index (χ3n) is 7.07. The fourth-order valence-electron chi connectivity index (χ4n) is 5.20. The Balaban J connectivity index is 1.32. The van der Waals surface area contributed by atoms with Gasteiger partial charge in [0.2, 0.25) is 5.91 Å². The Morgan fingerprint density at radius 3 is 2.71 bits per heavy atom. The summed E-state index contributed by atoms with van der Waals surface area (Å²) in [4.78, 5) is 31.8. The molecule has 164 valence electrons. The van der Waals surface area contributed by atoms with Gasteiger partial charge in [-0.05, 0) is 61.7 Å². The molecule has 1 aromatic heterocycles. The molecule has 0 radical (unpaired) electrons. The minimum atomic E-state index is -0.225. The Morgan fingerprint density at radius 1 is 1.19 bits per heavy atom. The summed E-state index contributed by atoms with van der Waals surface area (Å²) in [5.74, 6) is 1.23. The highest BCUT2D eigenvalue weighted by Crippen LogP contribution is 2.40. The molecule has 6 nitrogen and oxygen atoms in total. The molecule has 4 aliphatic heterocycles. The molecule has 1 aromatic carbocycles. The smallest absolute Gasteiger partial charge is 0.415 e. The predicted octanol–water partition coefficient (Wildman–Crippen LogP) is 4.45. The Labute approximate surface area is 187 Å². The molecule has 4 fully saturated rings. The first-order valence-corrected chi connectivity index (χ1v) is 12.0. The highest BCUT2D eigenvalue weighted by molar-refractivity contribution is 7.19. The standard InChI is InChI=1S/C24H29N3O3S/c1-3-22(28)25(2)18-6-4-5-17(13-18)21-7-8-23(31-21)27-15-20(30-24(27)29)19-14-26-11-9-16(19)10-12-26/h4-8,13,16,19-20H,3,9-12,14-15H2,1-2H3/t19?,20-/m0/s1. The van der Waals surface area contributed by atoms with Crippen LogP contribution in [0.3, 0.4) is 0 Å². The van der Waals surface area contributed by atoms with E-state index < -0.39 is 0 Å². The number of hydrogen-bond donors (Lipinski definition) is 0. The quantitative estimate of drug-likeness (QED) is 0.691. The highest BCUT2D eigenvalue weighted by atomic mass is 32.1. The van der Waals surface area contributed by atoms with E-state index in [0.29, 0.717) is 24.8 Å². The van der Waals surface area contributed by atoms with Crippen molar-refractivity contribution in [3.8, 4) is 10.4 Å². The third kappa shape index (κ3) is 3.85. The van der Waals surface area contributed by atoms with Gasteiger partial charge in [0.15, 0.2) is 0 Å². The Kier molecular flexibility index (Phi) is 5.48. The van der Waals surface area contributed by atoms with Gasteiger partial charge in [-0.2, -0.15) is 0 Å². The SMILES string of the molecule is CCC(=O)N(C)c1cccc(-c2ccc(N3C[C@@H](C4CN5CCC4CC5)OC3=O)s2)c1. The lowest BCUT2D eigenvalue weighted by Gasteiger charge is -2.46. The topological polar surface area (TPSA) is 53.1 Å². The number of anilines is 2. The van der Waals surface area contributed by atoms with Crippen LogP contribution in [0.15, 0.2) is 36.4 Å². The molecule has 5 heterocycles. The fourth-order valence-corrected chi connectivity index (χ4v) is 6.20. The van der Waals surface area contributed by atoms with E-state index in [-0.39, 0.29) is 18.1 Å². The molecule has 2 bridgehead atoms. The Morgan fingerprint density at radius 2 is 2.00 bits per heavy atom. The van der Waals surface area contributed by atoms with E-state index in [9.17, 15) is 9.59 Å². The molecule has 0 aliphatic carbocycles. The second-order valence-electron chi connectivity index (χ2n) is 8.83. The summed E-state index contributed by atoms with van der Waals surface area (Å²) in [5.41, 5.74) is 1.92. The third-order valence-corrected chi connectivity index (χ3v) is 8.23. The Hall–Kier alpha value is -2.38. The molecule has 4 aliphatic rings. The zero-order valence-corrected chi connectivity index (χ0v) is 18.9. The van der Waals surface area contributed by atoms with Gasteiger partial charge in [0.1, 0.15) is 11.1 Å². The van der Waals surface area contributed by atoms with Gasteiger partial charge in [-0.25, -0.2) is 4.79 Å². The van der Waals surface area contributed by atoms with Crippen molar-refractivity contribution in [1.82, 2.24) is 4.90 Å². The summed E-state index contributed by atoms with van der Waals surface area (Å²) >= 11 is 1.60. The predicted molar refractivity (Wildman–Crippen MR) is 124 cm³/mol. The minimum Gasteiger partial charge on any atom is -0.444 e. The zero-order valence-electron chi connectivity index (χ0n) is 18.1. The average Bonchev–Trinajstić information content (AvgIpc) is 3.45. The summed E-state index contributed by atoms with van der Waals surface area (Å²) in [5, 5.41) is 0.923. The number of hydrogen-bond acceptors (Lipinski definition) is 5. The highest BCUT2D eigenvalue weighted by Gasteiger charge is 2.45. The molecule has 2 amide bonds. The summed E-state index contributed by atoms with van der Waals surface area (Å²) in [7, 11) is 1.81. The number of carbonyl (C=O) groups is 2. The molecule has 4 saturated heterocycles. The maximum absolute atomic E-state index is 12.7. The largest absolute Gasteiger partial charge is 0.444 e. The van der Waals surface area contributed by atoms with Crippen molar-refractivity contribution in [2.75, 3.05) is 43.0 Å². The molecule has 2 atom stereocenters. The van der Waals surface area contributed by atoms with Crippen LogP contribution >= 0.6 is 11.3 Å². The number of cyclic esters (lactones) is 1. The van der Waals surface area contributed by atoms with Crippen LogP contribution in [-0.2, 0) is 9.53 Å². The lowest BCUT2D eigenvalue weighted by Crippen LogP contribution is -2.52. The van der Waals surface area contributed by atoms with Crippen LogP contribution in [0.1, 0.15) is 26.2 Å². The number of rotatable bonds is 5. The van der Waals surface area contributed by atoms with Crippen molar-refractivity contribution in [2.45, 2.75) is 32.3 Å². The lowest BCUT2D eigenvalue weighted by molar-refractivity contribution is -0.118. The van der Waals surface area contributed by atoms with Gasteiger partial charge < -0.3 is 14.5 Å². The van der Waals surface area contributed by atoms with Crippen LogP contribution in [-0.4, -0.2) is 56.2 Å². The van der Waals surface area contributed by atoms with Crippen LogP contribution in [0.5, 0.6) is 0 Å². The zero-order chi connectivity index (χ0) is 21.5. The number of nitrogens with zero attached hydrogens (tertiary/aromatic N) is 3. The molecular formula is C24H29N3O3S. The van der Waals surface area contributed by atoms with Gasteiger partial charge in [-0.15, -0.1) is 11.3 Å². The van der Waals surface area contributed by atoms with Gasteiger partial charge in [-0.1, -0.05) is 19.1 Å². The Bertz CT molecular complexity index is 982. The van der Waals surface area contributed by atoms with Gasteiger partial charge >= 0.3 is 6.09 Å². The maximum Gasteiger partial charge on any atom is 0.415 e. The molecule has 0 saturated carbocycles. The van der Waals surface area contributed by atoms with Gasteiger partial charge in [0.25, 0.3) is 0 Å². The number of piperidine rings is 3. The van der Waals surface area contributed by atoms with E-state index in [4.69, 9.17) is 4.74 Å². The molecule has 0 N–H and O–H groups in total. The molecular weight excluding hydrogens is 410 g/mol. The normalized spacial score (nSPS) is 27.4. The van der Waals surface area contributed by atoms with E-state index in [1.165, 1.54) is 25.9 Å². The van der Waals surface area contributed by atoms with Crippen LogP contribution in [0, 0.1) is 11.8 Å². The van der Waals surface area contributed by atoms with Crippen molar-refractivity contribution >= 4 is 34.0 Å².